The van der Waals surface area contributed by atoms with Gasteiger partial charge in [0.1, 0.15) is 12.9 Å². The van der Waals surface area contributed by atoms with Crippen LogP contribution in [0.25, 0.3) is 0 Å². The third kappa shape index (κ3) is 7.84. The maximum absolute atomic E-state index is 10.2. The van der Waals surface area contributed by atoms with Gasteiger partial charge in [-0.1, -0.05) is 0 Å². The van der Waals surface area contributed by atoms with Crippen LogP contribution in [0.3, 0.4) is 0 Å². The first-order valence-electron chi connectivity index (χ1n) is 4.79. The maximum atomic E-state index is 10.2. The van der Waals surface area contributed by atoms with Crippen LogP contribution in [0.1, 0.15) is 5.56 Å². The van der Waals surface area contributed by atoms with Crippen molar-refractivity contribution in [2.75, 3.05) is 34.3 Å². The number of likely N-dealkylation sites (N-methyl/N-ethyl adjacent to an activating group) is 1. The van der Waals surface area contributed by atoms with Gasteiger partial charge in [0, 0.05) is 18.0 Å². The van der Waals surface area contributed by atoms with Crippen LogP contribution in [0.4, 0.5) is 0 Å². The summed E-state index contributed by atoms with van der Waals surface area (Å²) in [6, 6.07) is 0. The van der Waals surface area contributed by atoms with Gasteiger partial charge in [0.05, 0.1) is 27.7 Å². The molecule has 2 N–H and O–H groups in total. The Hall–Kier alpha value is -1.53. The van der Waals surface area contributed by atoms with Crippen molar-refractivity contribution >= 4 is 5.90 Å². The summed E-state index contributed by atoms with van der Waals surface area (Å²) in [6.45, 7) is 1.11. The van der Waals surface area contributed by atoms with Crippen molar-refractivity contribution in [2.45, 2.75) is 0 Å². The molecule has 0 spiro atoms. The molecule has 0 saturated carbocycles. The van der Waals surface area contributed by atoms with E-state index in [2.05, 4.69) is 31.1 Å². The van der Waals surface area contributed by atoms with Gasteiger partial charge in [0.2, 0.25) is 0 Å². The minimum Gasteiger partial charge on any atom is -0.859 e. The van der Waals surface area contributed by atoms with Crippen molar-refractivity contribution < 1.29 is 14.7 Å². The highest BCUT2D eigenvalue weighted by Gasteiger charge is 2.02. The molecule has 6 nitrogen and oxygen atoms in total. The molecule has 0 aliphatic heterocycles. The van der Waals surface area contributed by atoms with Gasteiger partial charge in [-0.05, 0) is 5.90 Å². The molecular weight excluding hydrogens is 208 g/mol. The van der Waals surface area contributed by atoms with Crippen LogP contribution < -0.4 is 5.11 Å². The third-order valence-corrected chi connectivity index (χ3v) is 1.59. The summed E-state index contributed by atoms with van der Waals surface area (Å²) >= 11 is 0. The second-order valence-corrected chi connectivity index (χ2v) is 4.19. The van der Waals surface area contributed by atoms with E-state index >= 15 is 0 Å². The Balaban J connectivity index is 0.000000293. The number of hydrogen-bond acceptors (Lipinski definition) is 5. The van der Waals surface area contributed by atoms with Crippen LogP contribution in [0.15, 0.2) is 18.7 Å². The Morgan fingerprint density at radius 1 is 1.38 bits per heavy atom. The number of nitrogens with one attached hydrogen (secondary N) is 1. The van der Waals surface area contributed by atoms with E-state index in [1.54, 1.807) is 0 Å². The summed E-state index contributed by atoms with van der Waals surface area (Å²) in [5, 5.41) is 25.2. The largest absolute Gasteiger partial charge is 0.859 e. The minimum atomic E-state index is -0.754. The Morgan fingerprint density at radius 2 is 1.88 bits per heavy atom. The number of nitrogens with zero attached hydrogens (tertiary/aromatic N) is 3. The second kappa shape index (κ2) is 6.86. The molecule has 90 valence electrons. The van der Waals surface area contributed by atoms with Gasteiger partial charge in [-0.25, -0.2) is 9.97 Å². The molecule has 0 bridgehead atoms. The molecule has 1 heterocycles. The highest BCUT2D eigenvalue weighted by atomic mass is 16.3. The van der Waals surface area contributed by atoms with Gasteiger partial charge in [-0.3, -0.25) is 0 Å². The molecule has 1 aromatic rings. The van der Waals surface area contributed by atoms with Gasteiger partial charge >= 0.3 is 0 Å². The van der Waals surface area contributed by atoms with Crippen molar-refractivity contribution in [3.05, 3.63) is 24.3 Å². The summed E-state index contributed by atoms with van der Waals surface area (Å²) < 4.78 is 0.844. The van der Waals surface area contributed by atoms with Gasteiger partial charge in [-0.2, -0.15) is 0 Å². The van der Waals surface area contributed by atoms with Crippen molar-refractivity contribution in [2.24, 2.45) is 0 Å². The van der Waals surface area contributed by atoms with Crippen molar-refractivity contribution in [1.82, 2.24) is 9.97 Å². The van der Waals surface area contributed by atoms with Gasteiger partial charge in [-0.15, -0.1) is 0 Å². The van der Waals surface area contributed by atoms with Crippen LogP contribution in [0.5, 0.6) is 0 Å². The molecule has 6 heteroatoms. The smallest absolute Gasteiger partial charge is 0.115 e. The first kappa shape index (κ1) is 14.5. The Bertz CT molecular complexity index is 308. The zero-order valence-corrected chi connectivity index (χ0v) is 9.84. The fraction of sp³-hybridized carbons (Fsp3) is 0.500. The van der Waals surface area contributed by atoms with Crippen LogP contribution in [0.2, 0.25) is 0 Å². The zero-order chi connectivity index (χ0) is 12.6. The Kier molecular flexibility index (Phi) is 6.21. The van der Waals surface area contributed by atoms with E-state index in [9.17, 15) is 5.11 Å². The molecule has 0 fully saturated rings. The van der Waals surface area contributed by atoms with Gasteiger partial charge in [0.15, 0.2) is 0 Å². The van der Waals surface area contributed by atoms with Gasteiger partial charge < -0.3 is 20.1 Å². The summed E-state index contributed by atoms with van der Waals surface area (Å²) in [4.78, 5) is 7.11. The van der Waals surface area contributed by atoms with Crippen LogP contribution in [-0.2, 0) is 0 Å². The first-order valence-corrected chi connectivity index (χ1v) is 4.79. The second-order valence-electron chi connectivity index (χ2n) is 4.19. The molecule has 1 aromatic heterocycles. The van der Waals surface area contributed by atoms with Crippen molar-refractivity contribution in [3.63, 3.8) is 0 Å². The molecule has 1 rings (SSSR count). The highest BCUT2D eigenvalue weighted by Crippen LogP contribution is 1.87. The molecule has 0 atom stereocenters. The van der Waals surface area contributed by atoms with E-state index in [0.717, 1.165) is 11.0 Å². The predicted molar refractivity (Wildman–Crippen MR) is 58.8 cm³/mol. The Morgan fingerprint density at radius 3 is 2.06 bits per heavy atom. The van der Waals surface area contributed by atoms with E-state index in [-0.39, 0.29) is 12.2 Å². The number of aliphatic hydroxyl groups excluding tert-OH is 1. The van der Waals surface area contributed by atoms with E-state index < -0.39 is 5.90 Å². The standard InChI is InChI=1S/C5H5N3O.C5H14NO/c6-5(9)4-1-7-3-8-2-4;1-6(2,3)4-5-7/h1-3H,(H2,6,9);7H,4-5H2,1-3H3/q;+1/p-1. The highest BCUT2D eigenvalue weighted by molar-refractivity contribution is 5.86. The minimum absolute atomic E-state index is 0.220. The fourth-order valence-electron chi connectivity index (χ4n) is 0.716. The molecule has 0 aliphatic carbocycles. The fourth-order valence-corrected chi connectivity index (χ4v) is 0.716. The first-order chi connectivity index (χ1) is 7.37. The van der Waals surface area contributed by atoms with Crippen LogP contribution in [-0.4, -0.2) is 59.7 Å². The number of rotatable bonds is 3. The number of aliphatic hydroxyl groups is 1. The van der Waals surface area contributed by atoms with Crippen LogP contribution >= 0.6 is 0 Å². The number of quaternary nitrogens is 1. The lowest BCUT2D eigenvalue weighted by atomic mass is 10.3. The summed E-state index contributed by atoms with van der Waals surface area (Å²) in [6.07, 6.45) is 3.93. The SMILES string of the molecule is C[N+](C)(C)CCO.N=C([O-])c1cncnc1. The van der Waals surface area contributed by atoms with Gasteiger partial charge in [0.25, 0.3) is 0 Å². The third-order valence-electron chi connectivity index (χ3n) is 1.59. The molecule has 0 aliphatic rings. The number of hydrogen-bond donors (Lipinski definition) is 2. The van der Waals surface area contributed by atoms with Crippen molar-refractivity contribution in [3.8, 4) is 0 Å². The molecule has 0 aromatic carbocycles. The molecule has 16 heavy (non-hydrogen) atoms. The van der Waals surface area contributed by atoms with E-state index in [4.69, 9.17) is 10.5 Å². The predicted octanol–water partition coefficient (Wildman–Crippen LogP) is -1.15. The quantitative estimate of drug-likeness (QED) is 0.386. The van der Waals surface area contributed by atoms with E-state index in [1.807, 2.05) is 0 Å². The normalized spacial score (nSPS) is 10.2. The number of aromatic nitrogens is 2. The molecule has 0 unspecified atom stereocenters. The van der Waals surface area contributed by atoms with E-state index in [1.165, 1.54) is 18.7 Å². The summed E-state index contributed by atoms with van der Waals surface area (Å²) in [5.74, 6) is -0.754. The lowest BCUT2D eigenvalue weighted by Gasteiger charge is -2.21. The van der Waals surface area contributed by atoms with E-state index in [0.29, 0.717) is 0 Å². The monoisotopic (exact) mass is 226 g/mol. The maximum Gasteiger partial charge on any atom is 0.115 e. The molecule has 0 amide bonds. The lowest BCUT2D eigenvalue weighted by molar-refractivity contribution is -0.870. The average molecular weight is 226 g/mol. The topological polar surface area (TPSA) is 92.9 Å². The average Bonchev–Trinajstić information content (AvgIpc) is 2.18. The summed E-state index contributed by atoms with van der Waals surface area (Å²) in [7, 11) is 6.16. The Labute approximate surface area is 95.3 Å². The molecule has 0 saturated heterocycles. The lowest BCUT2D eigenvalue weighted by Crippen LogP contribution is -2.36. The molecular formula is C10H18N4O2. The van der Waals surface area contributed by atoms with Crippen LogP contribution in [0, 0.1) is 5.41 Å². The zero-order valence-electron chi connectivity index (χ0n) is 9.84. The van der Waals surface area contributed by atoms with Crippen molar-refractivity contribution in [1.29, 1.82) is 5.41 Å². The molecule has 0 radical (unpaired) electrons. The summed E-state index contributed by atoms with van der Waals surface area (Å²) in [5.41, 5.74) is 0.220.